The predicted octanol–water partition coefficient (Wildman–Crippen LogP) is 6.36. The van der Waals surface area contributed by atoms with Gasteiger partial charge in [-0.2, -0.15) is 5.10 Å². The molecule has 3 aromatic rings. The number of Topliss-reactive ketones (excluding diaryl/α,β-unsaturated/α-hetero) is 1. The van der Waals surface area contributed by atoms with Gasteiger partial charge in [-0.3, -0.25) is 14.9 Å². The smallest absolute Gasteiger partial charge is 0.269 e. The number of hydrogen-bond donors (Lipinski definition) is 0. The number of aryl methyl sites for hydroxylation is 1. The van der Waals surface area contributed by atoms with E-state index in [2.05, 4.69) is 18.2 Å². The molecule has 34 heavy (non-hydrogen) atoms. The Balaban J connectivity index is 1.57. The minimum Gasteiger partial charge on any atom is -0.294 e. The third-order valence-corrected chi connectivity index (χ3v) is 7.64. The standard InChI is InChI=1S/C26H24N4O3S/c1-16-25(17(2)31)34-26(27-16)29-24(19-7-4-3-5-8-19)22-10-6-9-20(23(22)28-29)15-18-11-13-21(14-12-18)30(32)33/h3-5,7-8,11-15,22,24H,6,9-10H2,1-2H3/b20-15-/t22-,24+/m1/s1. The van der Waals surface area contributed by atoms with Gasteiger partial charge in [-0.25, -0.2) is 9.99 Å². The van der Waals surface area contributed by atoms with Crippen molar-refractivity contribution >= 4 is 39.7 Å². The topological polar surface area (TPSA) is 88.7 Å². The molecule has 2 aliphatic rings. The van der Waals surface area contributed by atoms with Gasteiger partial charge in [0.2, 0.25) is 5.13 Å². The molecule has 0 bridgehead atoms. The van der Waals surface area contributed by atoms with E-state index in [1.165, 1.54) is 29.0 Å². The number of carbonyl (C=O) groups excluding carboxylic acids is 1. The molecule has 0 radical (unpaired) electrons. The Labute approximate surface area is 201 Å². The fraction of sp³-hybridized carbons (Fsp3) is 0.269. The second kappa shape index (κ2) is 8.95. The molecule has 172 valence electrons. The van der Waals surface area contributed by atoms with E-state index in [-0.39, 0.29) is 28.4 Å². The summed E-state index contributed by atoms with van der Waals surface area (Å²) in [5.41, 5.74) is 5.08. The van der Waals surface area contributed by atoms with Crippen molar-refractivity contribution in [2.24, 2.45) is 11.0 Å². The zero-order valence-electron chi connectivity index (χ0n) is 19.0. The number of nitro benzene ring substituents is 1. The van der Waals surface area contributed by atoms with E-state index in [1.807, 2.05) is 30.1 Å². The molecule has 1 saturated carbocycles. The summed E-state index contributed by atoms with van der Waals surface area (Å²) in [6.45, 7) is 3.43. The molecule has 0 spiro atoms. The second-order valence-electron chi connectivity index (χ2n) is 8.67. The maximum Gasteiger partial charge on any atom is 0.269 e. The van der Waals surface area contributed by atoms with E-state index in [0.29, 0.717) is 4.88 Å². The van der Waals surface area contributed by atoms with Crippen LogP contribution in [0.3, 0.4) is 0 Å². The molecule has 1 fully saturated rings. The number of hydrogen-bond acceptors (Lipinski definition) is 7. The normalized spacial score (nSPS) is 20.8. The van der Waals surface area contributed by atoms with Crippen molar-refractivity contribution in [1.29, 1.82) is 0 Å². The first-order valence-corrected chi connectivity index (χ1v) is 12.1. The highest BCUT2D eigenvalue weighted by Gasteiger charge is 2.43. The van der Waals surface area contributed by atoms with E-state index in [9.17, 15) is 14.9 Å². The first-order valence-electron chi connectivity index (χ1n) is 11.3. The number of nitro groups is 1. The number of carbonyl (C=O) groups is 1. The maximum absolute atomic E-state index is 12.1. The van der Waals surface area contributed by atoms with Crippen molar-refractivity contribution in [1.82, 2.24) is 4.98 Å². The first-order chi connectivity index (χ1) is 16.4. The van der Waals surface area contributed by atoms with Crippen molar-refractivity contribution in [2.75, 3.05) is 5.01 Å². The molecule has 2 heterocycles. The molecule has 0 unspecified atom stereocenters. The summed E-state index contributed by atoms with van der Waals surface area (Å²) in [6, 6.07) is 16.9. The number of hydrazone groups is 1. The van der Waals surface area contributed by atoms with E-state index >= 15 is 0 Å². The number of fused-ring (bicyclic) bond motifs is 1. The lowest BCUT2D eigenvalue weighted by Crippen LogP contribution is -2.28. The Morgan fingerprint density at radius 3 is 2.56 bits per heavy atom. The summed E-state index contributed by atoms with van der Waals surface area (Å²) in [7, 11) is 0. The average molecular weight is 473 g/mol. The summed E-state index contributed by atoms with van der Waals surface area (Å²) in [5, 5.41) is 18.8. The SMILES string of the molecule is CC(=O)c1sc(N2N=C3/C(=C\c4ccc([N+](=O)[O-])cc4)CCC[C@H]3[C@@H]2c2ccccc2)nc1C. The van der Waals surface area contributed by atoms with Gasteiger partial charge in [0.1, 0.15) is 0 Å². The number of allylic oxidation sites excluding steroid dienone is 1. The minimum atomic E-state index is -0.387. The molecule has 0 N–H and O–H groups in total. The third-order valence-electron chi connectivity index (χ3n) is 6.39. The van der Waals surface area contributed by atoms with Crippen molar-refractivity contribution in [2.45, 2.75) is 39.2 Å². The number of anilines is 1. The lowest BCUT2D eigenvalue weighted by molar-refractivity contribution is -0.384. The minimum absolute atomic E-state index is 0.00196. The fourth-order valence-corrected chi connectivity index (χ4v) is 5.79. The summed E-state index contributed by atoms with van der Waals surface area (Å²) in [6.07, 6.45) is 5.04. The molecular weight excluding hydrogens is 448 g/mol. The maximum atomic E-state index is 12.1. The Morgan fingerprint density at radius 1 is 1.18 bits per heavy atom. The van der Waals surface area contributed by atoms with E-state index in [0.717, 1.165) is 46.9 Å². The van der Waals surface area contributed by atoms with Crippen LogP contribution in [0, 0.1) is 23.0 Å². The monoisotopic (exact) mass is 472 g/mol. The Morgan fingerprint density at radius 2 is 1.91 bits per heavy atom. The third kappa shape index (κ3) is 4.05. The highest BCUT2D eigenvalue weighted by molar-refractivity contribution is 7.17. The average Bonchev–Trinajstić information content (AvgIpc) is 3.41. The van der Waals surface area contributed by atoms with Gasteiger partial charge in [0.15, 0.2) is 5.78 Å². The van der Waals surface area contributed by atoms with Crippen LogP contribution >= 0.6 is 11.3 Å². The van der Waals surface area contributed by atoms with E-state index in [1.54, 1.807) is 19.1 Å². The van der Waals surface area contributed by atoms with Crippen LogP contribution in [0.1, 0.15) is 58.7 Å². The summed E-state index contributed by atoms with van der Waals surface area (Å²) in [5.74, 6) is 0.214. The fourth-order valence-electron chi connectivity index (χ4n) is 4.84. The molecule has 1 aliphatic carbocycles. The van der Waals surface area contributed by atoms with Crippen LogP contribution < -0.4 is 5.01 Å². The number of thiazole rings is 1. The molecule has 1 aliphatic heterocycles. The molecule has 8 heteroatoms. The number of ketones is 1. The predicted molar refractivity (Wildman–Crippen MR) is 134 cm³/mol. The quantitative estimate of drug-likeness (QED) is 0.245. The van der Waals surface area contributed by atoms with Gasteiger partial charge in [0.05, 0.1) is 27.2 Å². The van der Waals surface area contributed by atoms with Crippen LogP contribution in [-0.2, 0) is 0 Å². The first kappa shape index (κ1) is 22.2. The van der Waals surface area contributed by atoms with E-state index in [4.69, 9.17) is 10.1 Å². The Kier molecular flexibility index (Phi) is 5.83. The van der Waals surface area contributed by atoms with Gasteiger partial charge in [-0.15, -0.1) is 0 Å². The van der Waals surface area contributed by atoms with Gasteiger partial charge in [0.25, 0.3) is 5.69 Å². The lowest BCUT2D eigenvalue weighted by Gasteiger charge is -2.29. The summed E-state index contributed by atoms with van der Waals surface area (Å²) < 4.78 is 0. The number of aromatic nitrogens is 1. The van der Waals surface area contributed by atoms with Gasteiger partial charge in [-0.1, -0.05) is 41.7 Å². The number of nitrogens with zero attached hydrogens (tertiary/aromatic N) is 4. The zero-order valence-corrected chi connectivity index (χ0v) is 19.8. The van der Waals surface area contributed by atoms with Crippen LogP contribution in [0.4, 0.5) is 10.8 Å². The van der Waals surface area contributed by atoms with Crippen LogP contribution in [0.15, 0.2) is 65.3 Å². The zero-order chi connectivity index (χ0) is 23.8. The highest BCUT2D eigenvalue weighted by atomic mass is 32.1. The lowest BCUT2D eigenvalue weighted by atomic mass is 9.77. The van der Waals surface area contributed by atoms with Crippen molar-refractivity contribution in [3.05, 3.63) is 92.0 Å². The van der Waals surface area contributed by atoms with Gasteiger partial charge >= 0.3 is 0 Å². The summed E-state index contributed by atoms with van der Waals surface area (Å²) >= 11 is 1.39. The van der Waals surface area contributed by atoms with Crippen molar-refractivity contribution in [3.63, 3.8) is 0 Å². The molecule has 2 aromatic carbocycles. The van der Waals surface area contributed by atoms with Gasteiger partial charge in [0, 0.05) is 25.0 Å². The van der Waals surface area contributed by atoms with Gasteiger partial charge in [-0.05, 0) is 61.1 Å². The van der Waals surface area contributed by atoms with E-state index < -0.39 is 0 Å². The molecule has 0 amide bonds. The second-order valence-corrected chi connectivity index (χ2v) is 9.65. The van der Waals surface area contributed by atoms with Crippen LogP contribution in [0.25, 0.3) is 6.08 Å². The largest absolute Gasteiger partial charge is 0.294 e. The number of benzene rings is 2. The molecule has 7 nitrogen and oxygen atoms in total. The molecular formula is C26H24N4O3S. The van der Waals surface area contributed by atoms with Crippen LogP contribution in [-0.4, -0.2) is 21.4 Å². The van der Waals surface area contributed by atoms with Gasteiger partial charge < -0.3 is 0 Å². The van der Waals surface area contributed by atoms with Crippen molar-refractivity contribution in [3.8, 4) is 0 Å². The van der Waals surface area contributed by atoms with Crippen LogP contribution in [0.2, 0.25) is 0 Å². The number of non-ortho nitro benzene ring substituents is 1. The molecule has 0 saturated heterocycles. The molecule has 2 atom stereocenters. The number of rotatable bonds is 5. The Bertz CT molecular complexity index is 1310. The highest BCUT2D eigenvalue weighted by Crippen LogP contribution is 2.47. The summed E-state index contributed by atoms with van der Waals surface area (Å²) in [4.78, 5) is 28.1. The molecule has 1 aromatic heterocycles. The van der Waals surface area contributed by atoms with Crippen molar-refractivity contribution < 1.29 is 9.72 Å². The Hall–Kier alpha value is -3.65. The van der Waals surface area contributed by atoms with Crippen LogP contribution in [0.5, 0.6) is 0 Å². The molecule has 5 rings (SSSR count).